The largest absolute Gasteiger partial charge is 0.376 e. The Balaban J connectivity index is 2.04. The molecule has 1 fully saturated rings. The molecule has 0 saturated carbocycles. The molecule has 1 aromatic carbocycles. The van der Waals surface area contributed by atoms with Gasteiger partial charge in [0.1, 0.15) is 12.1 Å². The number of nitrogens with one attached hydrogen (secondary N) is 2. The number of carbonyl (C=O) groups excluding carboxylic acids is 1. The van der Waals surface area contributed by atoms with Crippen LogP contribution in [0.1, 0.15) is 23.2 Å². The molecule has 0 aliphatic carbocycles. The smallest absolute Gasteiger partial charge is 0.253 e. The Morgan fingerprint density at radius 1 is 1.36 bits per heavy atom. The Morgan fingerprint density at radius 3 is 2.82 bits per heavy atom. The van der Waals surface area contributed by atoms with Gasteiger partial charge in [-0.15, -0.1) is 0 Å². The second-order valence-electron chi connectivity index (χ2n) is 4.69. The van der Waals surface area contributed by atoms with Crippen LogP contribution in [-0.2, 0) is 4.74 Å². The summed E-state index contributed by atoms with van der Waals surface area (Å²) in [7, 11) is 0. The van der Waals surface area contributed by atoms with Crippen LogP contribution in [-0.4, -0.2) is 30.9 Å². The van der Waals surface area contributed by atoms with Crippen LogP contribution in [0.15, 0.2) is 29.4 Å². The van der Waals surface area contributed by atoms with E-state index in [2.05, 4.69) is 15.8 Å². The van der Waals surface area contributed by atoms with Gasteiger partial charge < -0.3 is 10.1 Å². The molecular formula is C15H15N5O2. The summed E-state index contributed by atoms with van der Waals surface area (Å²) in [5, 5.41) is 23.8. The minimum absolute atomic E-state index is 0.0610. The number of carbonyl (C=O) groups is 1. The predicted octanol–water partition coefficient (Wildman–Crippen LogP) is 1.41. The number of amides is 1. The van der Waals surface area contributed by atoms with Crippen LogP contribution in [0.4, 0.5) is 5.69 Å². The molecule has 1 atom stereocenters. The van der Waals surface area contributed by atoms with E-state index in [1.165, 1.54) is 0 Å². The van der Waals surface area contributed by atoms with Crippen LogP contribution >= 0.6 is 0 Å². The van der Waals surface area contributed by atoms with E-state index >= 15 is 0 Å². The van der Waals surface area contributed by atoms with E-state index in [0.29, 0.717) is 17.8 Å². The lowest BCUT2D eigenvalue weighted by molar-refractivity contribution is 0.0858. The summed E-state index contributed by atoms with van der Waals surface area (Å²) in [6.07, 6.45) is 2.02. The highest BCUT2D eigenvalue weighted by atomic mass is 16.5. The van der Waals surface area contributed by atoms with Gasteiger partial charge in [-0.3, -0.25) is 10.2 Å². The molecule has 7 heteroatoms. The molecule has 112 valence electrons. The van der Waals surface area contributed by atoms with Crippen LogP contribution in [0.5, 0.6) is 0 Å². The molecule has 2 N–H and O–H groups in total. The van der Waals surface area contributed by atoms with E-state index in [1.54, 1.807) is 36.4 Å². The number of benzene rings is 1. The second kappa shape index (κ2) is 7.77. The van der Waals surface area contributed by atoms with Crippen LogP contribution in [0.25, 0.3) is 0 Å². The molecule has 0 aromatic heterocycles. The molecule has 0 spiro atoms. The van der Waals surface area contributed by atoms with Gasteiger partial charge in [-0.25, -0.2) is 0 Å². The van der Waals surface area contributed by atoms with E-state index < -0.39 is 0 Å². The van der Waals surface area contributed by atoms with Crippen LogP contribution < -0.4 is 10.7 Å². The zero-order chi connectivity index (χ0) is 15.8. The molecule has 0 bridgehead atoms. The van der Waals surface area contributed by atoms with Gasteiger partial charge in [-0.05, 0) is 25.0 Å². The highest BCUT2D eigenvalue weighted by Gasteiger charge is 2.17. The maximum Gasteiger partial charge on any atom is 0.253 e. The third-order valence-electron chi connectivity index (χ3n) is 3.19. The van der Waals surface area contributed by atoms with Crippen LogP contribution in [0.3, 0.4) is 0 Å². The minimum Gasteiger partial charge on any atom is -0.376 e. The average Bonchev–Trinajstić information content (AvgIpc) is 3.07. The molecule has 1 amide bonds. The van der Waals surface area contributed by atoms with Gasteiger partial charge in [-0.1, -0.05) is 12.1 Å². The number of anilines is 1. The lowest BCUT2D eigenvalue weighted by Crippen LogP contribution is -2.32. The average molecular weight is 297 g/mol. The van der Waals surface area contributed by atoms with E-state index in [9.17, 15) is 4.79 Å². The number of hydrazone groups is 1. The molecule has 22 heavy (non-hydrogen) atoms. The van der Waals surface area contributed by atoms with E-state index in [1.807, 2.05) is 0 Å². The Bertz CT molecular complexity index is 635. The molecule has 0 radical (unpaired) electrons. The first-order valence-electron chi connectivity index (χ1n) is 6.87. The van der Waals surface area contributed by atoms with Crippen molar-refractivity contribution in [2.75, 3.05) is 18.6 Å². The normalized spacial score (nSPS) is 16.2. The van der Waals surface area contributed by atoms with Crippen molar-refractivity contribution >= 4 is 17.3 Å². The highest BCUT2D eigenvalue weighted by Crippen LogP contribution is 2.16. The van der Waals surface area contributed by atoms with Crippen LogP contribution in [0.2, 0.25) is 0 Å². The van der Waals surface area contributed by atoms with Crippen molar-refractivity contribution in [1.82, 2.24) is 5.32 Å². The summed E-state index contributed by atoms with van der Waals surface area (Å²) < 4.78 is 5.45. The molecule has 1 aliphatic heterocycles. The summed E-state index contributed by atoms with van der Waals surface area (Å²) in [6, 6.07) is 10.0. The maximum atomic E-state index is 12.2. The quantitative estimate of drug-likeness (QED) is 0.630. The van der Waals surface area contributed by atoms with Crippen molar-refractivity contribution in [3.63, 3.8) is 0 Å². The third kappa shape index (κ3) is 4.05. The summed E-state index contributed by atoms with van der Waals surface area (Å²) in [4.78, 5) is 12.2. The van der Waals surface area contributed by atoms with Crippen molar-refractivity contribution in [2.24, 2.45) is 5.10 Å². The lowest BCUT2D eigenvalue weighted by Gasteiger charge is -2.12. The van der Waals surface area contributed by atoms with Gasteiger partial charge in [0.15, 0.2) is 0 Å². The minimum atomic E-state index is -0.311. The summed E-state index contributed by atoms with van der Waals surface area (Å²) in [5.74, 6) is -0.260. The number of nitriles is 2. The zero-order valence-electron chi connectivity index (χ0n) is 11.9. The zero-order valence-corrected chi connectivity index (χ0v) is 11.9. The molecule has 1 saturated heterocycles. The fourth-order valence-corrected chi connectivity index (χ4v) is 2.08. The van der Waals surface area contributed by atoms with E-state index in [0.717, 1.165) is 19.4 Å². The molecule has 1 unspecified atom stereocenters. The summed E-state index contributed by atoms with van der Waals surface area (Å²) in [5.41, 5.74) is 3.08. The molecule has 1 aliphatic rings. The van der Waals surface area contributed by atoms with Crippen molar-refractivity contribution in [3.05, 3.63) is 29.8 Å². The Labute approximate surface area is 128 Å². The SMILES string of the molecule is N#CC(C#N)=NNc1ccccc1C(=O)NCC1CCCO1. The number of rotatable bonds is 5. The highest BCUT2D eigenvalue weighted by molar-refractivity contribution is 6.10. The number of ether oxygens (including phenoxy) is 1. The Hall–Kier alpha value is -2.90. The summed E-state index contributed by atoms with van der Waals surface area (Å²) in [6.45, 7) is 1.19. The van der Waals surface area contributed by atoms with Crippen molar-refractivity contribution < 1.29 is 9.53 Å². The Kier molecular flexibility index (Phi) is 5.47. The van der Waals surface area contributed by atoms with Crippen molar-refractivity contribution in [3.8, 4) is 12.1 Å². The van der Waals surface area contributed by atoms with E-state index in [4.69, 9.17) is 15.3 Å². The maximum absolute atomic E-state index is 12.2. The monoisotopic (exact) mass is 297 g/mol. The van der Waals surface area contributed by atoms with Gasteiger partial charge in [0, 0.05) is 13.2 Å². The van der Waals surface area contributed by atoms with Gasteiger partial charge >= 0.3 is 0 Å². The van der Waals surface area contributed by atoms with Gasteiger partial charge in [0.05, 0.1) is 17.4 Å². The first-order valence-corrected chi connectivity index (χ1v) is 6.87. The van der Waals surface area contributed by atoms with Gasteiger partial charge in [0.25, 0.3) is 5.91 Å². The lowest BCUT2D eigenvalue weighted by atomic mass is 10.1. The second-order valence-corrected chi connectivity index (χ2v) is 4.69. The first-order chi connectivity index (χ1) is 10.7. The molecule has 1 heterocycles. The predicted molar refractivity (Wildman–Crippen MR) is 80.0 cm³/mol. The summed E-state index contributed by atoms with van der Waals surface area (Å²) >= 11 is 0. The number of para-hydroxylation sites is 1. The number of nitrogens with zero attached hydrogens (tertiary/aromatic N) is 3. The van der Waals surface area contributed by atoms with Gasteiger partial charge in [-0.2, -0.15) is 15.6 Å². The van der Waals surface area contributed by atoms with E-state index in [-0.39, 0.29) is 17.7 Å². The Morgan fingerprint density at radius 2 is 2.14 bits per heavy atom. The fourth-order valence-electron chi connectivity index (χ4n) is 2.08. The molecular weight excluding hydrogens is 282 g/mol. The fraction of sp³-hybridized carbons (Fsp3) is 0.333. The van der Waals surface area contributed by atoms with Crippen molar-refractivity contribution in [1.29, 1.82) is 10.5 Å². The third-order valence-corrected chi connectivity index (χ3v) is 3.19. The molecule has 7 nitrogen and oxygen atoms in total. The first kappa shape index (κ1) is 15.5. The number of hydrogen-bond acceptors (Lipinski definition) is 6. The van der Waals surface area contributed by atoms with Crippen molar-refractivity contribution in [2.45, 2.75) is 18.9 Å². The standard InChI is InChI=1S/C15H15N5O2/c16-8-11(9-17)19-20-14-6-2-1-5-13(14)15(21)18-10-12-4-3-7-22-12/h1-2,5-6,12,20H,3-4,7,10H2,(H,18,21). The van der Waals surface area contributed by atoms with Crippen LogP contribution in [0, 0.1) is 22.7 Å². The number of hydrogen-bond donors (Lipinski definition) is 2. The topological polar surface area (TPSA) is 110 Å². The van der Waals surface area contributed by atoms with Gasteiger partial charge in [0.2, 0.25) is 5.71 Å². The molecule has 2 rings (SSSR count). The molecule has 1 aromatic rings.